The molecule has 0 saturated heterocycles. The van der Waals surface area contributed by atoms with Crippen molar-refractivity contribution < 1.29 is 24.0 Å². The summed E-state index contributed by atoms with van der Waals surface area (Å²) in [5.41, 5.74) is 0.00940. The third-order valence-electron chi connectivity index (χ3n) is 5.12. The molecule has 0 spiro atoms. The second-order valence-electron chi connectivity index (χ2n) is 6.88. The Morgan fingerprint density at radius 2 is 1.67 bits per heavy atom. The number of non-ortho nitro benzene ring substituents is 1. The number of nitrogens with zero attached hydrogens (tertiary/aromatic N) is 1. The van der Waals surface area contributed by atoms with E-state index in [-0.39, 0.29) is 33.0 Å². The van der Waals surface area contributed by atoms with Gasteiger partial charge in [0.05, 0.1) is 0 Å². The second-order valence-corrected chi connectivity index (χ2v) is 9.18. The molecule has 156 valence electrons. The Hall–Kier alpha value is -2.96. The topological polar surface area (TPSA) is 95.7 Å². The summed E-state index contributed by atoms with van der Waals surface area (Å²) in [6, 6.07) is 16.2. The van der Waals surface area contributed by atoms with E-state index in [1.807, 2.05) is 18.2 Å². The molecule has 0 aromatic heterocycles. The average Bonchev–Trinajstić information content (AvgIpc) is 3.18. The number of allylic oxidation sites excluding steroid dienone is 1. The minimum atomic E-state index is -1.52. The molecule has 1 unspecified atom stereocenters. The molecule has 0 N–H and O–H groups in total. The molecule has 0 amide bonds. The van der Waals surface area contributed by atoms with Gasteiger partial charge in [-0.25, -0.2) is 0 Å². The summed E-state index contributed by atoms with van der Waals surface area (Å²) in [5, 5.41) is 11.7. The van der Waals surface area contributed by atoms with E-state index in [1.165, 1.54) is 30.8 Å². The third-order valence-corrected chi connectivity index (χ3v) is 7.58. The van der Waals surface area contributed by atoms with E-state index in [0.29, 0.717) is 0 Å². The number of carbonyl (C=O) groups is 2. The predicted octanol–water partition coefficient (Wildman–Crippen LogP) is 2.78. The summed E-state index contributed by atoms with van der Waals surface area (Å²) in [6.07, 6.45) is 1.87. The van der Waals surface area contributed by atoms with Gasteiger partial charge in [-0.05, 0) is 0 Å². The zero-order valence-corrected chi connectivity index (χ0v) is 18.3. The summed E-state index contributed by atoms with van der Waals surface area (Å²) in [5.74, 6) is -1.42. The van der Waals surface area contributed by atoms with Gasteiger partial charge in [-0.2, -0.15) is 0 Å². The van der Waals surface area contributed by atoms with Crippen molar-refractivity contribution in [2.24, 2.45) is 11.3 Å². The van der Waals surface area contributed by atoms with Crippen molar-refractivity contribution >= 4 is 42.6 Å². The fraction of sp³-hybridized carbons (Fsp3) is 0.273. The van der Waals surface area contributed by atoms with Crippen molar-refractivity contribution in [2.75, 3.05) is 14.2 Å². The quantitative estimate of drug-likeness (QED) is 0.201. The Bertz CT molecular complexity index is 955. The zero-order chi connectivity index (χ0) is 21.7. The van der Waals surface area contributed by atoms with Crippen LogP contribution in [0.4, 0.5) is 5.69 Å². The van der Waals surface area contributed by atoms with Crippen LogP contribution in [-0.2, 0) is 19.1 Å². The van der Waals surface area contributed by atoms with Crippen molar-refractivity contribution in [3.8, 4) is 0 Å². The molecule has 2 aromatic rings. The molecule has 30 heavy (non-hydrogen) atoms. The third kappa shape index (κ3) is 4.30. The molecule has 0 saturated carbocycles. The number of hydrogen-bond acceptors (Lipinski definition) is 6. The molecule has 8 heteroatoms. The van der Waals surface area contributed by atoms with Crippen molar-refractivity contribution in [2.45, 2.75) is 11.7 Å². The van der Waals surface area contributed by atoms with E-state index >= 15 is 0 Å². The molecule has 0 bridgehead atoms. The van der Waals surface area contributed by atoms with E-state index in [1.54, 1.807) is 18.2 Å². The molecule has 0 aliphatic heterocycles. The molecule has 1 aliphatic carbocycles. The first-order valence-electron chi connectivity index (χ1n) is 9.23. The first-order valence-corrected chi connectivity index (χ1v) is 11.3. The summed E-state index contributed by atoms with van der Waals surface area (Å²) in [7, 11) is 2.49. The van der Waals surface area contributed by atoms with Crippen LogP contribution in [0.1, 0.15) is 12.0 Å². The van der Waals surface area contributed by atoms with Gasteiger partial charge in [0.1, 0.15) is 0 Å². The van der Waals surface area contributed by atoms with Crippen LogP contribution in [0.5, 0.6) is 0 Å². The second kappa shape index (κ2) is 9.24. The van der Waals surface area contributed by atoms with Crippen LogP contribution in [0, 0.1) is 21.4 Å². The fourth-order valence-electron chi connectivity index (χ4n) is 3.63. The van der Waals surface area contributed by atoms with Gasteiger partial charge in [-0.3, -0.25) is 0 Å². The monoisotopic (exact) mass is 475 g/mol. The number of nitro benzene ring substituents is 1. The number of hydrogen-bond donors (Lipinski definition) is 0. The van der Waals surface area contributed by atoms with Crippen LogP contribution in [0.15, 0.2) is 60.7 Å². The van der Waals surface area contributed by atoms with Crippen molar-refractivity contribution in [3.63, 3.8) is 0 Å². The van der Waals surface area contributed by atoms with Gasteiger partial charge in [0.15, 0.2) is 0 Å². The molecule has 2 aromatic carbocycles. The van der Waals surface area contributed by atoms with Gasteiger partial charge in [0.2, 0.25) is 0 Å². The van der Waals surface area contributed by atoms with Crippen molar-refractivity contribution in [1.82, 2.24) is 0 Å². The van der Waals surface area contributed by atoms with Crippen LogP contribution in [0.3, 0.4) is 0 Å². The van der Waals surface area contributed by atoms with Crippen LogP contribution >= 0.6 is 0 Å². The van der Waals surface area contributed by atoms with Gasteiger partial charge in [0.25, 0.3) is 0 Å². The molecule has 1 aliphatic rings. The van der Waals surface area contributed by atoms with Crippen LogP contribution < -0.4 is 4.46 Å². The van der Waals surface area contributed by atoms with E-state index < -0.39 is 22.3 Å². The Morgan fingerprint density at radius 3 is 2.20 bits per heavy atom. The number of carbonyl (C=O) groups excluding carboxylic acids is 2. The van der Waals surface area contributed by atoms with Crippen LogP contribution in [-0.4, -0.2) is 46.0 Å². The Morgan fingerprint density at radius 1 is 1.07 bits per heavy atom. The summed E-state index contributed by atoms with van der Waals surface area (Å²) >= 11 is 0.119. The van der Waals surface area contributed by atoms with Gasteiger partial charge in [-0.15, -0.1) is 0 Å². The molecule has 0 radical (unpaired) electrons. The van der Waals surface area contributed by atoms with Gasteiger partial charge >= 0.3 is 180 Å². The van der Waals surface area contributed by atoms with Crippen LogP contribution in [0.25, 0.3) is 5.57 Å². The summed E-state index contributed by atoms with van der Waals surface area (Å²) in [6.45, 7) is 0. The first kappa shape index (κ1) is 21.7. The average molecular weight is 474 g/mol. The molecule has 3 rings (SSSR count). The number of nitro groups is 1. The molecule has 0 fully saturated rings. The summed E-state index contributed by atoms with van der Waals surface area (Å²) in [4.78, 5) is 35.8. The number of esters is 2. The van der Waals surface area contributed by atoms with Crippen molar-refractivity contribution in [3.05, 3.63) is 76.4 Å². The fourth-order valence-corrected chi connectivity index (χ4v) is 5.81. The molecule has 0 heterocycles. The van der Waals surface area contributed by atoms with E-state index in [9.17, 15) is 19.7 Å². The van der Waals surface area contributed by atoms with E-state index in [0.717, 1.165) is 16.5 Å². The zero-order valence-electron chi connectivity index (χ0n) is 16.6. The minimum absolute atomic E-state index is 0.0189. The van der Waals surface area contributed by atoms with Crippen LogP contribution in [0.2, 0.25) is 5.32 Å². The number of methoxy groups -OCH3 is 2. The van der Waals surface area contributed by atoms with Crippen molar-refractivity contribution in [1.29, 1.82) is 0 Å². The van der Waals surface area contributed by atoms with E-state index in [2.05, 4.69) is 12.1 Å². The van der Waals surface area contributed by atoms with Gasteiger partial charge in [0, 0.05) is 0 Å². The Balaban J connectivity index is 1.99. The normalized spacial score (nSPS) is 17.1. The number of rotatable bonds is 7. The Labute approximate surface area is 180 Å². The maximum absolute atomic E-state index is 12.6. The molecular formula is C22H21NO6Se. The Kier molecular flexibility index (Phi) is 6.69. The molecule has 1 atom stereocenters. The van der Waals surface area contributed by atoms with E-state index in [4.69, 9.17) is 9.47 Å². The first-order chi connectivity index (χ1) is 14.4. The standard InChI is InChI=1S/C22H21NO6Se/c1-28-20(24)22(21(25)29-2)12-16(14-30-18-6-4-3-5-7-18)19(13-22)15-8-10-17(11-9-15)23(26)27/h3-11,13,16H,12,14H2,1-2H3. The van der Waals surface area contributed by atoms with Gasteiger partial charge < -0.3 is 0 Å². The summed E-state index contributed by atoms with van der Waals surface area (Å²) < 4.78 is 11.1. The SMILES string of the molecule is COC(=O)C1(C(=O)OC)C=C(c2ccc([N+](=O)[O-])cc2)C(C[Se]c2ccccc2)C1. The molecular weight excluding hydrogens is 453 g/mol. The molecule has 7 nitrogen and oxygen atoms in total. The number of benzene rings is 2. The maximum atomic E-state index is 12.6. The number of ether oxygens (including phenoxy) is 2. The van der Waals surface area contributed by atoms with Gasteiger partial charge in [-0.1, -0.05) is 0 Å². The predicted molar refractivity (Wildman–Crippen MR) is 112 cm³/mol.